The second-order valence-electron chi connectivity index (χ2n) is 7.76. The van der Waals surface area contributed by atoms with Gasteiger partial charge in [0.2, 0.25) is 0 Å². The lowest BCUT2D eigenvalue weighted by Crippen LogP contribution is -1.94. The molecule has 4 aromatic carbocycles. The highest BCUT2D eigenvalue weighted by molar-refractivity contribution is 8.07. The molecule has 0 saturated heterocycles. The SMILES string of the molecule is Fc1cccc(CC(=Cc2ccccc2)SC(=Cc2ccccc2)Cc2cccc(F)c2)c1. The van der Waals surface area contributed by atoms with E-state index in [0.717, 1.165) is 32.1 Å². The number of hydrogen-bond acceptors (Lipinski definition) is 1. The maximum Gasteiger partial charge on any atom is 0.123 e. The number of rotatable bonds is 8. The first-order valence-corrected chi connectivity index (χ1v) is 11.6. The molecular weight excluding hydrogens is 430 g/mol. The summed E-state index contributed by atoms with van der Waals surface area (Å²) < 4.78 is 27.7. The molecule has 0 N–H and O–H groups in total. The van der Waals surface area contributed by atoms with Gasteiger partial charge in [-0.05, 0) is 68.5 Å². The Morgan fingerprint density at radius 2 is 0.970 bits per heavy atom. The van der Waals surface area contributed by atoms with Crippen molar-refractivity contribution >= 4 is 23.9 Å². The minimum absolute atomic E-state index is 0.239. The molecule has 0 aromatic heterocycles. The van der Waals surface area contributed by atoms with Crippen LogP contribution in [-0.2, 0) is 12.8 Å². The molecule has 164 valence electrons. The summed E-state index contributed by atoms with van der Waals surface area (Å²) in [5.41, 5.74) is 3.99. The van der Waals surface area contributed by atoms with Crippen molar-refractivity contribution in [2.75, 3.05) is 0 Å². The van der Waals surface area contributed by atoms with Gasteiger partial charge in [0.05, 0.1) is 0 Å². The van der Waals surface area contributed by atoms with E-state index in [2.05, 4.69) is 36.4 Å². The first kappa shape index (κ1) is 22.8. The van der Waals surface area contributed by atoms with Gasteiger partial charge in [0.15, 0.2) is 0 Å². The second-order valence-corrected chi connectivity index (χ2v) is 9.01. The molecule has 0 aliphatic heterocycles. The van der Waals surface area contributed by atoms with Crippen molar-refractivity contribution in [3.8, 4) is 0 Å². The first-order valence-electron chi connectivity index (χ1n) is 10.8. The lowest BCUT2D eigenvalue weighted by Gasteiger charge is -2.13. The number of benzene rings is 4. The molecular formula is C30H24F2S. The molecule has 0 spiro atoms. The molecule has 33 heavy (non-hydrogen) atoms. The predicted octanol–water partition coefficient (Wildman–Crippen LogP) is 8.57. The summed E-state index contributed by atoms with van der Waals surface area (Å²) >= 11 is 1.66. The largest absolute Gasteiger partial charge is 0.207 e. The van der Waals surface area contributed by atoms with Crippen molar-refractivity contribution in [1.82, 2.24) is 0 Å². The molecule has 0 aliphatic rings. The van der Waals surface area contributed by atoms with Crippen LogP contribution in [0, 0.1) is 11.6 Å². The fraction of sp³-hybridized carbons (Fsp3) is 0.0667. The molecule has 0 aliphatic carbocycles. The van der Waals surface area contributed by atoms with Crippen molar-refractivity contribution in [2.45, 2.75) is 12.8 Å². The Labute approximate surface area is 198 Å². The Hall–Kier alpha value is -3.43. The van der Waals surface area contributed by atoms with Gasteiger partial charge in [-0.2, -0.15) is 0 Å². The maximum atomic E-state index is 13.8. The lowest BCUT2D eigenvalue weighted by molar-refractivity contribution is 0.625. The van der Waals surface area contributed by atoms with Crippen LogP contribution in [-0.4, -0.2) is 0 Å². The molecule has 0 radical (unpaired) electrons. The van der Waals surface area contributed by atoms with Crippen LogP contribution in [0.15, 0.2) is 119 Å². The van der Waals surface area contributed by atoms with Crippen molar-refractivity contribution in [3.05, 3.63) is 153 Å². The molecule has 0 fully saturated rings. The monoisotopic (exact) mass is 454 g/mol. The van der Waals surface area contributed by atoms with Gasteiger partial charge in [0.1, 0.15) is 11.6 Å². The average Bonchev–Trinajstić information content (AvgIpc) is 2.80. The van der Waals surface area contributed by atoms with Crippen LogP contribution < -0.4 is 0 Å². The minimum atomic E-state index is -0.239. The minimum Gasteiger partial charge on any atom is -0.207 e. The number of halogens is 2. The van der Waals surface area contributed by atoms with E-state index in [-0.39, 0.29) is 11.6 Å². The zero-order valence-corrected chi connectivity index (χ0v) is 18.9. The zero-order valence-electron chi connectivity index (χ0n) is 18.1. The number of hydrogen-bond donors (Lipinski definition) is 0. The third-order valence-corrected chi connectivity index (χ3v) is 6.10. The van der Waals surface area contributed by atoms with E-state index in [4.69, 9.17) is 0 Å². The van der Waals surface area contributed by atoms with Crippen LogP contribution in [0.25, 0.3) is 12.2 Å². The average molecular weight is 455 g/mol. The van der Waals surface area contributed by atoms with Gasteiger partial charge < -0.3 is 0 Å². The third kappa shape index (κ3) is 7.30. The van der Waals surface area contributed by atoms with Gasteiger partial charge in [-0.15, -0.1) is 0 Å². The van der Waals surface area contributed by atoms with Crippen molar-refractivity contribution in [1.29, 1.82) is 0 Å². The van der Waals surface area contributed by atoms with Gasteiger partial charge in [0.25, 0.3) is 0 Å². The summed E-state index contributed by atoms with van der Waals surface area (Å²) in [4.78, 5) is 2.18. The zero-order chi connectivity index (χ0) is 22.9. The Morgan fingerprint density at radius 3 is 1.36 bits per heavy atom. The summed E-state index contributed by atoms with van der Waals surface area (Å²) in [6.45, 7) is 0. The summed E-state index contributed by atoms with van der Waals surface area (Å²) in [6, 6.07) is 33.6. The molecule has 3 heteroatoms. The third-order valence-electron chi connectivity index (χ3n) is 5.05. The van der Waals surface area contributed by atoms with Crippen LogP contribution in [0.3, 0.4) is 0 Å². The highest BCUT2D eigenvalue weighted by atomic mass is 32.2. The molecule has 4 rings (SSSR count). The highest BCUT2D eigenvalue weighted by Crippen LogP contribution is 2.34. The topological polar surface area (TPSA) is 0 Å². The number of thioether (sulfide) groups is 1. The van der Waals surface area contributed by atoms with E-state index in [0.29, 0.717) is 12.8 Å². The Balaban J connectivity index is 1.69. The van der Waals surface area contributed by atoms with Crippen molar-refractivity contribution in [3.63, 3.8) is 0 Å². The van der Waals surface area contributed by atoms with Crippen molar-refractivity contribution < 1.29 is 8.78 Å². The van der Waals surface area contributed by atoms with Crippen molar-refractivity contribution in [2.24, 2.45) is 0 Å². The van der Waals surface area contributed by atoms with Crippen LogP contribution in [0.1, 0.15) is 22.3 Å². The quantitative estimate of drug-likeness (QED) is 0.257. The fourth-order valence-corrected chi connectivity index (χ4v) is 4.77. The molecule has 0 atom stereocenters. The Bertz CT molecular complexity index is 1150. The molecule has 0 nitrogen and oxygen atoms in total. The van der Waals surface area contributed by atoms with Crippen LogP contribution in [0.4, 0.5) is 8.78 Å². The fourth-order valence-electron chi connectivity index (χ4n) is 3.57. The molecule has 4 aromatic rings. The predicted molar refractivity (Wildman–Crippen MR) is 137 cm³/mol. The summed E-state index contributed by atoms with van der Waals surface area (Å²) in [7, 11) is 0. The van der Waals surface area contributed by atoms with Crippen LogP contribution >= 0.6 is 11.8 Å². The van der Waals surface area contributed by atoms with E-state index in [1.54, 1.807) is 36.0 Å². The van der Waals surface area contributed by atoms with Gasteiger partial charge in [-0.25, -0.2) is 8.78 Å². The van der Waals surface area contributed by atoms with E-state index in [1.807, 2.05) is 48.5 Å². The van der Waals surface area contributed by atoms with Gasteiger partial charge in [-0.1, -0.05) is 96.7 Å². The Morgan fingerprint density at radius 1 is 0.545 bits per heavy atom. The normalized spacial score (nSPS) is 12.1. The lowest BCUT2D eigenvalue weighted by atomic mass is 10.1. The van der Waals surface area contributed by atoms with Crippen LogP contribution in [0.2, 0.25) is 0 Å². The molecule has 0 bridgehead atoms. The molecule has 0 saturated carbocycles. The highest BCUT2D eigenvalue weighted by Gasteiger charge is 2.09. The summed E-state index contributed by atoms with van der Waals surface area (Å²) in [5, 5.41) is 0. The second kappa shape index (κ2) is 11.4. The van der Waals surface area contributed by atoms with Gasteiger partial charge in [-0.3, -0.25) is 0 Å². The van der Waals surface area contributed by atoms with Gasteiger partial charge in [0, 0.05) is 12.8 Å². The first-order chi connectivity index (χ1) is 16.1. The molecule has 0 amide bonds. The maximum absolute atomic E-state index is 13.8. The molecule has 0 heterocycles. The Kier molecular flexibility index (Phi) is 7.89. The molecule has 0 unspecified atom stereocenters. The van der Waals surface area contributed by atoms with E-state index in [9.17, 15) is 8.78 Å². The van der Waals surface area contributed by atoms with E-state index < -0.39 is 0 Å². The smallest absolute Gasteiger partial charge is 0.123 e. The number of allylic oxidation sites excluding steroid dienone is 2. The summed E-state index contributed by atoms with van der Waals surface area (Å²) in [5.74, 6) is -0.479. The van der Waals surface area contributed by atoms with E-state index >= 15 is 0 Å². The van der Waals surface area contributed by atoms with Gasteiger partial charge >= 0.3 is 0 Å². The summed E-state index contributed by atoms with van der Waals surface area (Å²) in [6.07, 6.45) is 5.49. The standard InChI is InChI=1S/C30H24F2S/c31-27-15-7-13-25(17-27)21-29(19-23-9-3-1-4-10-23)33-30(20-24-11-5-2-6-12-24)22-26-14-8-16-28(32)18-26/h1-20H,21-22H2. The van der Waals surface area contributed by atoms with Crippen LogP contribution in [0.5, 0.6) is 0 Å². The van der Waals surface area contributed by atoms with E-state index in [1.165, 1.54) is 12.1 Å².